The maximum Gasteiger partial charge on any atom is 0.292 e. The average Bonchev–Trinajstić information content (AvgIpc) is 2.66. The number of rotatable bonds is 3. The van der Waals surface area contributed by atoms with Crippen LogP contribution in [0.1, 0.15) is 12.0 Å². The van der Waals surface area contributed by atoms with Crippen LogP contribution in [0, 0.1) is 17.0 Å². The van der Waals surface area contributed by atoms with Crippen molar-refractivity contribution in [1.82, 2.24) is 5.32 Å². The van der Waals surface area contributed by atoms with E-state index in [1.54, 1.807) is 19.1 Å². The van der Waals surface area contributed by atoms with Crippen LogP contribution in [0.5, 0.6) is 0 Å². The van der Waals surface area contributed by atoms with E-state index in [0.29, 0.717) is 18.7 Å². The van der Waals surface area contributed by atoms with Crippen molar-refractivity contribution in [2.45, 2.75) is 19.4 Å². The second kappa shape index (κ2) is 4.40. The average molecular weight is 235 g/mol. The van der Waals surface area contributed by atoms with Gasteiger partial charge in [-0.2, -0.15) is 0 Å². The number of nitro groups is 1. The van der Waals surface area contributed by atoms with Crippen LogP contribution in [0.25, 0.3) is 0 Å². The second-order valence-electron chi connectivity index (χ2n) is 4.13. The van der Waals surface area contributed by atoms with Gasteiger partial charge in [0.15, 0.2) is 0 Å². The van der Waals surface area contributed by atoms with Crippen LogP contribution in [0.4, 0.5) is 11.4 Å². The number of aryl methyl sites for hydroxylation is 1. The Hall–Kier alpha value is -2.11. The molecule has 0 aromatic heterocycles. The largest absolute Gasteiger partial charge is 0.374 e. The van der Waals surface area contributed by atoms with Crippen LogP contribution in [0.3, 0.4) is 0 Å². The molecule has 1 aliphatic rings. The van der Waals surface area contributed by atoms with Gasteiger partial charge in [-0.05, 0) is 18.6 Å². The third kappa shape index (κ3) is 2.52. The van der Waals surface area contributed by atoms with Crippen molar-refractivity contribution in [3.05, 3.63) is 33.9 Å². The molecule has 1 unspecified atom stereocenters. The van der Waals surface area contributed by atoms with Gasteiger partial charge in [0.1, 0.15) is 5.69 Å². The van der Waals surface area contributed by atoms with Gasteiger partial charge in [-0.3, -0.25) is 14.9 Å². The van der Waals surface area contributed by atoms with Gasteiger partial charge in [-0.25, -0.2) is 0 Å². The van der Waals surface area contributed by atoms with E-state index >= 15 is 0 Å². The van der Waals surface area contributed by atoms with Gasteiger partial charge in [0, 0.05) is 19.0 Å². The summed E-state index contributed by atoms with van der Waals surface area (Å²) in [6.07, 6.45) is 0.352. The first-order valence-corrected chi connectivity index (χ1v) is 5.34. The summed E-state index contributed by atoms with van der Waals surface area (Å²) in [5.41, 5.74) is 1.34. The molecule has 6 nitrogen and oxygen atoms in total. The maximum atomic E-state index is 11.0. The Kier molecular flexibility index (Phi) is 2.95. The van der Waals surface area contributed by atoms with Crippen LogP contribution in [-0.2, 0) is 4.79 Å². The number of carbonyl (C=O) groups excluding carboxylic acids is 1. The van der Waals surface area contributed by atoms with Gasteiger partial charge in [0.2, 0.25) is 5.91 Å². The van der Waals surface area contributed by atoms with E-state index in [1.807, 2.05) is 0 Å². The molecule has 0 aliphatic carbocycles. The number of nitrogens with one attached hydrogen (secondary N) is 2. The highest BCUT2D eigenvalue weighted by Crippen LogP contribution is 2.26. The van der Waals surface area contributed by atoms with E-state index in [0.717, 1.165) is 5.56 Å². The molecule has 0 spiro atoms. The standard InChI is InChI=1S/C11H13N3O3/c1-7-2-3-9(10(4-7)14(16)17)13-8-5-11(15)12-6-8/h2-4,8,13H,5-6H2,1H3,(H,12,15). The molecule has 0 radical (unpaired) electrons. The molecule has 2 N–H and O–H groups in total. The van der Waals surface area contributed by atoms with Crippen molar-refractivity contribution >= 4 is 17.3 Å². The molecule has 2 rings (SSSR count). The second-order valence-corrected chi connectivity index (χ2v) is 4.13. The summed E-state index contributed by atoms with van der Waals surface area (Å²) in [5, 5.41) is 16.6. The quantitative estimate of drug-likeness (QED) is 0.609. The smallest absolute Gasteiger partial charge is 0.292 e. The normalized spacial score (nSPS) is 18.9. The lowest BCUT2D eigenvalue weighted by molar-refractivity contribution is -0.384. The molecule has 1 aromatic carbocycles. The Labute approximate surface area is 98.2 Å². The summed E-state index contributed by atoms with van der Waals surface area (Å²) < 4.78 is 0. The molecular formula is C11H13N3O3. The Morgan fingerprint density at radius 2 is 2.29 bits per heavy atom. The van der Waals surface area contributed by atoms with E-state index in [4.69, 9.17) is 0 Å². The van der Waals surface area contributed by atoms with Crippen LogP contribution in [0.2, 0.25) is 0 Å². The fourth-order valence-corrected chi connectivity index (χ4v) is 1.84. The number of amides is 1. The summed E-state index contributed by atoms with van der Waals surface area (Å²) in [7, 11) is 0. The number of nitrogens with zero attached hydrogens (tertiary/aromatic N) is 1. The lowest BCUT2D eigenvalue weighted by Crippen LogP contribution is -2.22. The number of carbonyl (C=O) groups is 1. The Morgan fingerprint density at radius 3 is 2.88 bits per heavy atom. The number of benzene rings is 1. The van der Waals surface area contributed by atoms with E-state index in [1.165, 1.54) is 6.07 Å². The highest BCUT2D eigenvalue weighted by atomic mass is 16.6. The molecule has 1 heterocycles. The minimum Gasteiger partial charge on any atom is -0.374 e. The van der Waals surface area contributed by atoms with Crippen molar-refractivity contribution in [2.24, 2.45) is 0 Å². The fourth-order valence-electron chi connectivity index (χ4n) is 1.84. The summed E-state index contributed by atoms with van der Waals surface area (Å²) in [6, 6.07) is 4.92. The zero-order chi connectivity index (χ0) is 12.4. The molecule has 1 fully saturated rings. The van der Waals surface area contributed by atoms with E-state index in [2.05, 4.69) is 10.6 Å². The number of hydrogen-bond acceptors (Lipinski definition) is 4. The van der Waals surface area contributed by atoms with Crippen molar-refractivity contribution in [3.63, 3.8) is 0 Å². The SMILES string of the molecule is Cc1ccc(NC2CNC(=O)C2)c([N+](=O)[O-])c1. The number of hydrogen-bond donors (Lipinski definition) is 2. The Bertz CT molecular complexity index is 473. The zero-order valence-corrected chi connectivity index (χ0v) is 9.40. The van der Waals surface area contributed by atoms with Crippen molar-refractivity contribution in [2.75, 3.05) is 11.9 Å². The van der Waals surface area contributed by atoms with Gasteiger partial charge in [0.05, 0.1) is 11.0 Å². The van der Waals surface area contributed by atoms with Gasteiger partial charge < -0.3 is 10.6 Å². The van der Waals surface area contributed by atoms with Gasteiger partial charge in [-0.1, -0.05) is 6.07 Å². The topological polar surface area (TPSA) is 84.3 Å². The molecule has 0 bridgehead atoms. The van der Waals surface area contributed by atoms with E-state index < -0.39 is 4.92 Å². The molecule has 17 heavy (non-hydrogen) atoms. The van der Waals surface area contributed by atoms with Crippen LogP contribution in [-0.4, -0.2) is 23.4 Å². The molecule has 1 saturated heterocycles. The predicted octanol–water partition coefficient (Wildman–Crippen LogP) is 1.20. The number of nitro benzene ring substituents is 1. The monoisotopic (exact) mass is 235 g/mol. The molecule has 1 aromatic rings. The molecule has 90 valence electrons. The van der Waals surface area contributed by atoms with Gasteiger partial charge in [-0.15, -0.1) is 0 Å². The summed E-state index contributed by atoms with van der Waals surface area (Å²) in [5.74, 6) is -0.0303. The van der Waals surface area contributed by atoms with Gasteiger partial charge in [0.25, 0.3) is 5.69 Å². The lowest BCUT2D eigenvalue weighted by atomic mass is 10.1. The van der Waals surface area contributed by atoms with Crippen LogP contribution >= 0.6 is 0 Å². The van der Waals surface area contributed by atoms with E-state index in [-0.39, 0.29) is 17.6 Å². The van der Waals surface area contributed by atoms with E-state index in [9.17, 15) is 14.9 Å². The van der Waals surface area contributed by atoms with Crippen LogP contribution < -0.4 is 10.6 Å². The van der Waals surface area contributed by atoms with Crippen molar-refractivity contribution < 1.29 is 9.72 Å². The molecule has 1 atom stereocenters. The summed E-state index contributed by atoms with van der Waals surface area (Å²) >= 11 is 0. The highest BCUT2D eigenvalue weighted by Gasteiger charge is 2.23. The number of anilines is 1. The minimum absolute atomic E-state index is 0.0303. The van der Waals surface area contributed by atoms with Crippen molar-refractivity contribution in [1.29, 1.82) is 0 Å². The van der Waals surface area contributed by atoms with Crippen molar-refractivity contribution in [3.8, 4) is 0 Å². The Balaban J connectivity index is 2.20. The van der Waals surface area contributed by atoms with Gasteiger partial charge >= 0.3 is 0 Å². The predicted molar refractivity (Wildman–Crippen MR) is 62.9 cm³/mol. The summed E-state index contributed by atoms with van der Waals surface area (Å²) in [6.45, 7) is 2.31. The highest BCUT2D eigenvalue weighted by molar-refractivity contribution is 5.80. The molecular weight excluding hydrogens is 222 g/mol. The molecule has 1 aliphatic heterocycles. The molecule has 0 saturated carbocycles. The minimum atomic E-state index is -0.417. The third-order valence-electron chi connectivity index (χ3n) is 2.69. The maximum absolute atomic E-state index is 11.0. The lowest BCUT2D eigenvalue weighted by Gasteiger charge is -2.12. The first-order valence-electron chi connectivity index (χ1n) is 5.34. The summed E-state index contributed by atoms with van der Waals surface area (Å²) in [4.78, 5) is 21.5. The molecule has 1 amide bonds. The Morgan fingerprint density at radius 1 is 1.53 bits per heavy atom. The van der Waals surface area contributed by atoms with Crippen LogP contribution in [0.15, 0.2) is 18.2 Å². The first kappa shape index (κ1) is 11.4. The third-order valence-corrected chi connectivity index (χ3v) is 2.69. The fraction of sp³-hybridized carbons (Fsp3) is 0.364. The zero-order valence-electron chi connectivity index (χ0n) is 9.40. The first-order chi connectivity index (χ1) is 8.06. The molecule has 6 heteroatoms.